The molecule has 0 aromatic heterocycles. The zero-order valence-corrected chi connectivity index (χ0v) is 20.8. The minimum absolute atomic E-state index is 0.111. The molecule has 0 saturated heterocycles. The molecule has 2 atom stereocenters. The molecule has 2 aliphatic rings. The number of ether oxygens (including phenoxy) is 1. The van der Waals surface area contributed by atoms with E-state index in [0.29, 0.717) is 6.61 Å². The molecule has 1 unspecified atom stereocenters. The van der Waals surface area contributed by atoms with Gasteiger partial charge in [-0.05, 0) is 57.0 Å². The maximum Gasteiger partial charge on any atom is 0.195 e. The van der Waals surface area contributed by atoms with Crippen LogP contribution in [0.1, 0.15) is 43.0 Å². The van der Waals surface area contributed by atoms with Crippen LogP contribution in [0.15, 0.2) is 64.9 Å². The zero-order valence-electron chi connectivity index (χ0n) is 19.9. The molecule has 0 amide bonds. The Morgan fingerprint density at radius 2 is 1.35 bits per heavy atom. The Balaban J connectivity index is 1.80. The average Bonchev–Trinajstić information content (AvgIpc) is 3.29. The first-order chi connectivity index (χ1) is 14.6. The summed E-state index contributed by atoms with van der Waals surface area (Å²) in [6.45, 7) is 16.2. The summed E-state index contributed by atoms with van der Waals surface area (Å²) in [5.41, 5.74) is 5.38. The van der Waals surface area contributed by atoms with Gasteiger partial charge in [-0.15, -0.1) is 0 Å². The highest BCUT2D eigenvalue weighted by Gasteiger charge is 2.37. The van der Waals surface area contributed by atoms with Gasteiger partial charge in [0.2, 0.25) is 0 Å². The summed E-state index contributed by atoms with van der Waals surface area (Å²) in [7, 11) is -0.677. The lowest BCUT2D eigenvalue weighted by Crippen LogP contribution is -2.25. The van der Waals surface area contributed by atoms with Gasteiger partial charge in [0.25, 0.3) is 0 Å². The number of rotatable bonds is 4. The Hall–Kier alpha value is -2.18. The Bertz CT molecular complexity index is 995. The van der Waals surface area contributed by atoms with Gasteiger partial charge in [-0.3, -0.25) is 0 Å². The first-order valence-electron chi connectivity index (χ1n) is 11.2. The van der Waals surface area contributed by atoms with E-state index in [1.165, 1.54) is 38.2 Å². The van der Waals surface area contributed by atoms with Crippen molar-refractivity contribution < 1.29 is 4.74 Å². The molecular formula is C28H34NOP. The highest BCUT2D eigenvalue weighted by molar-refractivity contribution is 7.76. The van der Waals surface area contributed by atoms with Gasteiger partial charge in [-0.25, -0.2) is 4.99 Å². The van der Waals surface area contributed by atoms with E-state index < -0.39 is 7.92 Å². The fourth-order valence-electron chi connectivity index (χ4n) is 4.50. The minimum Gasteiger partial charge on any atom is -0.478 e. The van der Waals surface area contributed by atoms with Gasteiger partial charge in [0, 0.05) is 0 Å². The number of hydrogen-bond acceptors (Lipinski definition) is 2. The summed E-state index contributed by atoms with van der Waals surface area (Å²) in [6, 6.07) is 14.2. The van der Waals surface area contributed by atoms with Gasteiger partial charge < -0.3 is 4.74 Å². The number of aryl methyl sites for hydroxylation is 4. The van der Waals surface area contributed by atoms with Crippen LogP contribution in [0.4, 0.5) is 0 Å². The quantitative estimate of drug-likeness (QED) is 0.523. The largest absolute Gasteiger partial charge is 0.478 e. The van der Waals surface area contributed by atoms with E-state index in [4.69, 9.17) is 9.73 Å². The second-order valence-corrected chi connectivity index (χ2v) is 12.4. The maximum absolute atomic E-state index is 6.19. The van der Waals surface area contributed by atoms with Gasteiger partial charge in [-0.1, -0.05) is 97.7 Å². The molecule has 4 rings (SSSR count). The molecule has 162 valence electrons. The zero-order chi connectivity index (χ0) is 22.3. The smallest absolute Gasteiger partial charge is 0.195 e. The molecule has 0 spiro atoms. The van der Waals surface area contributed by atoms with Gasteiger partial charge in [0.1, 0.15) is 6.61 Å². The van der Waals surface area contributed by atoms with Crippen molar-refractivity contribution in [2.24, 2.45) is 16.3 Å². The second kappa shape index (κ2) is 8.40. The fourth-order valence-corrected chi connectivity index (χ4v) is 7.44. The van der Waals surface area contributed by atoms with E-state index in [1.54, 1.807) is 0 Å². The molecule has 1 aliphatic carbocycles. The van der Waals surface area contributed by atoms with E-state index in [1.807, 2.05) is 0 Å². The van der Waals surface area contributed by atoms with Gasteiger partial charge in [-0.2, -0.15) is 0 Å². The van der Waals surface area contributed by atoms with E-state index in [9.17, 15) is 0 Å². The van der Waals surface area contributed by atoms with Crippen molar-refractivity contribution in [1.29, 1.82) is 0 Å². The van der Waals surface area contributed by atoms with E-state index >= 15 is 0 Å². The number of allylic oxidation sites excluding steroid dienone is 2. The monoisotopic (exact) mass is 431 g/mol. The summed E-state index contributed by atoms with van der Waals surface area (Å²) in [6.07, 6.45) is 6.76. The standard InChI is InChI=1S/C28H34NOP/c1-18-11-19(2)14-22(13-18)31(23-15-20(3)12-21(4)16-23)25-10-8-9-24(25)27-29-26(17-30-27)28(5,6)7/h8-16,24,26H,17H2,1-7H3/t24?,26-/m1/s1. The maximum atomic E-state index is 6.19. The highest BCUT2D eigenvalue weighted by Crippen LogP contribution is 2.50. The first kappa shape index (κ1) is 22.0. The van der Waals surface area contributed by atoms with Crippen molar-refractivity contribution in [3.8, 4) is 0 Å². The third-order valence-electron chi connectivity index (χ3n) is 6.01. The van der Waals surface area contributed by atoms with Gasteiger partial charge in [0.05, 0.1) is 12.0 Å². The van der Waals surface area contributed by atoms with Crippen LogP contribution in [0.25, 0.3) is 0 Å². The van der Waals surface area contributed by atoms with Crippen LogP contribution in [-0.2, 0) is 4.74 Å². The molecule has 0 radical (unpaired) electrons. The van der Waals surface area contributed by atoms with Crippen LogP contribution >= 0.6 is 7.92 Å². The molecule has 2 nitrogen and oxygen atoms in total. The number of aliphatic imine (C=N–C) groups is 1. The van der Waals surface area contributed by atoms with Crippen molar-refractivity contribution in [1.82, 2.24) is 0 Å². The summed E-state index contributed by atoms with van der Waals surface area (Å²) in [4.78, 5) is 5.04. The molecule has 2 aromatic rings. The van der Waals surface area contributed by atoms with Crippen LogP contribution in [0, 0.1) is 39.0 Å². The predicted octanol–water partition coefficient (Wildman–Crippen LogP) is 6.27. The molecular weight excluding hydrogens is 397 g/mol. The van der Waals surface area contributed by atoms with E-state index in [0.717, 1.165) is 5.90 Å². The molecule has 2 aromatic carbocycles. The first-order valence-corrected chi connectivity index (χ1v) is 12.5. The van der Waals surface area contributed by atoms with Crippen molar-refractivity contribution in [3.05, 3.63) is 82.2 Å². The molecule has 1 aliphatic heterocycles. The van der Waals surface area contributed by atoms with Crippen molar-refractivity contribution in [3.63, 3.8) is 0 Å². The lowest BCUT2D eigenvalue weighted by atomic mass is 9.88. The molecule has 0 saturated carbocycles. The molecule has 31 heavy (non-hydrogen) atoms. The molecule has 0 bridgehead atoms. The topological polar surface area (TPSA) is 21.6 Å². The number of nitrogens with zero attached hydrogens (tertiary/aromatic N) is 1. The van der Waals surface area contributed by atoms with E-state index in [2.05, 4.69) is 103 Å². The minimum atomic E-state index is -0.677. The Morgan fingerprint density at radius 1 is 0.839 bits per heavy atom. The number of hydrogen-bond donors (Lipinski definition) is 0. The van der Waals surface area contributed by atoms with Crippen LogP contribution in [0.3, 0.4) is 0 Å². The van der Waals surface area contributed by atoms with Crippen molar-refractivity contribution in [2.45, 2.75) is 54.5 Å². The Kier molecular flexibility index (Phi) is 5.97. The lowest BCUT2D eigenvalue weighted by Gasteiger charge is -2.26. The average molecular weight is 432 g/mol. The van der Waals surface area contributed by atoms with Crippen molar-refractivity contribution >= 4 is 24.4 Å². The number of benzene rings is 2. The van der Waals surface area contributed by atoms with Crippen LogP contribution in [0.5, 0.6) is 0 Å². The Labute approximate surface area is 188 Å². The molecule has 3 heteroatoms. The fraction of sp³-hybridized carbons (Fsp3) is 0.393. The lowest BCUT2D eigenvalue weighted by molar-refractivity contribution is 0.232. The van der Waals surface area contributed by atoms with E-state index in [-0.39, 0.29) is 17.4 Å². The van der Waals surface area contributed by atoms with Gasteiger partial charge in [0.15, 0.2) is 5.90 Å². The summed E-state index contributed by atoms with van der Waals surface area (Å²) >= 11 is 0. The molecule has 1 heterocycles. The Morgan fingerprint density at radius 3 is 1.81 bits per heavy atom. The predicted molar refractivity (Wildman–Crippen MR) is 135 cm³/mol. The summed E-state index contributed by atoms with van der Waals surface area (Å²) < 4.78 is 6.19. The van der Waals surface area contributed by atoms with Crippen LogP contribution in [-0.4, -0.2) is 18.5 Å². The molecule has 0 N–H and O–H groups in total. The third-order valence-corrected chi connectivity index (χ3v) is 8.51. The second-order valence-electron chi connectivity index (χ2n) is 10.1. The third kappa shape index (κ3) is 4.70. The van der Waals surface area contributed by atoms with Crippen LogP contribution < -0.4 is 10.6 Å². The summed E-state index contributed by atoms with van der Waals surface area (Å²) in [5.74, 6) is 1.02. The SMILES string of the molecule is Cc1cc(C)cc(P(C2=CC=CC2C2=N[C@@H](C(C)(C)C)CO2)c2cc(C)cc(C)c2)c1. The van der Waals surface area contributed by atoms with Crippen LogP contribution in [0.2, 0.25) is 0 Å². The normalized spacial score (nSPS) is 20.8. The highest BCUT2D eigenvalue weighted by atomic mass is 31.1. The van der Waals surface area contributed by atoms with Crippen molar-refractivity contribution in [2.75, 3.05) is 6.61 Å². The molecule has 0 fully saturated rings. The summed E-state index contributed by atoms with van der Waals surface area (Å²) in [5, 5.41) is 4.23. The van der Waals surface area contributed by atoms with Gasteiger partial charge >= 0.3 is 0 Å².